The highest BCUT2D eigenvalue weighted by Crippen LogP contribution is 2.39. The van der Waals surface area contributed by atoms with E-state index in [0.29, 0.717) is 24.8 Å². The van der Waals surface area contributed by atoms with Crippen LogP contribution in [0.1, 0.15) is 60.4 Å². The van der Waals surface area contributed by atoms with Crippen LogP contribution in [0.4, 0.5) is 5.69 Å². The maximum Gasteiger partial charge on any atom is 0.232 e. The van der Waals surface area contributed by atoms with Crippen LogP contribution in [0.5, 0.6) is 0 Å². The lowest BCUT2D eigenvalue weighted by Crippen LogP contribution is -2.24. The number of anilines is 1. The van der Waals surface area contributed by atoms with Crippen molar-refractivity contribution in [3.8, 4) is 0 Å². The number of carbonyl (C=O) groups is 1. The monoisotopic (exact) mass is 309 g/mol. The van der Waals surface area contributed by atoms with Crippen molar-refractivity contribution in [1.82, 2.24) is 10.1 Å². The molecule has 0 spiro atoms. The summed E-state index contributed by atoms with van der Waals surface area (Å²) >= 11 is 0. The van der Waals surface area contributed by atoms with E-state index in [-0.39, 0.29) is 11.8 Å². The van der Waals surface area contributed by atoms with E-state index in [9.17, 15) is 4.79 Å². The molecule has 2 heterocycles. The van der Waals surface area contributed by atoms with Crippen LogP contribution in [0.15, 0.2) is 22.7 Å². The quantitative estimate of drug-likeness (QED) is 0.874. The van der Waals surface area contributed by atoms with Gasteiger partial charge in [0.2, 0.25) is 11.8 Å². The molecular formula is C18H19N3O2. The van der Waals surface area contributed by atoms with Gasteiger partial charge in [-0.1, -0.05) is 11.2 Å². The first kappa shape index (κ1) is 13.3. The number of fused-ring (bicyclic) bond motifs is 1. The second-order valence-corrected chi connectivity index (χ2v) is 6.98. The van der Waals surface area contributed by atoms with Gasteiger partial charge in [0.15, 0.2) is 5.82 Å². The Hall–Kier alpha value is -2.17. The summed E-state index contributed by atoms with van der Waals surface area (Å²) in [5.41, 5.74) is 3.84. The van der Waals surface area contributed by atoms with Crippen LogP contribution in [0.3, 0.4) is 0 Å². The molecule has 3 aliphatic rings. The molecule has 0 N–H and O–H groups in total. The van der Waals surface area contributed by atoms with Crippen molar-refractivity contribution >= 4 is 11.6 Å². The summed E-state index contributed by atoms with van der Waals surface area (Å²) in [4.78, 5) is 18.8. The Morgan fingerprint density at radius 2 is 2.00 bits per heavy atom. The first-order valence-corrected chi connectivity index (χ1v) is 8.53. The molecule has 2 aromatic rings. The van der Waals surface area contributed by atoms with Crippen LogP contribution in [0, 0.1) is 0 Å². The summed E-state index contributed by atoms with van der Waals surface area (Å²) in [6, 6.07) is 6.44. The summed E-state index contributed by atoms with van der Waals surface area (Å²) < 4.78 is 5.42. The van der Waals surface area contributed by atoms with Crippen LogP contribution >= 0.6 is 0 Å². The van der Waals surface area contributed by atoms with Crippen molar-refractivity contribution in [3.63, 3.8) is 0 Å². The Bertz CT molecular complexity index is 778. The Balaban J connectivity index is 1.38. The minimum absolute atomic E-state index is 0.0238. The van der Waals surface area contributed by atoms with Crippen molar-refractivity contribution in [1.29, 1.82) is 0 Å². The van der Waals surface area contributed by atoms with Crippen molar-refractivity contribution in [2.45, 2.75) is 50.4 Å². The molecule has 5 heteroatoms. The van der Waals surface area contributed by atoms with Crippen LogP contribution < -0.4 is 4.90 Å². The van der Waals surface area contributed by atoms with Gasteiger partial charge in [-0.15, -0.1) is 0 Å². The summed E-state index contributed by atoms with van der Waals surface area (Å²) in [6.07, 6.45) is 6.29. The smallest absolute Gasteiger partial charge is 0.232 e. The van der Waals surface area contributed by atoms with Gasteiger partial charge in [-0.3, -0.25) is 4.79 Å². The molecule has 118 valence electrons. The summed E-state index contributed by atoms with van der Waals surface area (Å²) in [5.74, 6) is 2.11. The molecule has 1 saturated heterocycles. The minimum atomic E-state index is 0.0238. The van der Waals surface area contributed by atoms with Gasteiger partial charge < -0.3 is 9.42 Å². The number of hydrogen-bond acceptors (Lipinski definition) is 4. The zero-order valence-corrected chi connectivity index (χ0v) is 13.0. The zero-order valence-electron chi connectivity index (χ0n) is 13.0. The van der Waals surface area contributed by atoms with Gasteiger partial charge in [0.1, 0.15) is 0 Å². The Morgan fingerprint density at radius 3 is 2.87 bits per heavy atom. The summed E-state index contributed by atoms with van der Waals surface area (Å²) in [7, 11) is 0. The third kappa shape index (κ3) is 2.26. The second kappa shape index (κ2) is 4.91. The molecular weight excluding hydrogens is 290 g/mol. The molecule has 1 aromatic heterocycles. The van der Waals surface area contributed by atoms with Crippen molar-refractivity contribution in [2.24, 2.45) is 0 Å². The van der Waals surface area contributed by atoms with Gasteiger partial charge in [0, 0.05) is 24.6 Å². The molecule has 1 amide bonds. The highest BCUT2D eigenvalue weighted by molar-refractivity contribution is 5.96. The van der Waals surface area contributed by atoms with E-state index in [2.05, 4.69) is 28.3 Å². The number of amides is 1. The lowest BCUT2D eigenvalue weighted by Gasteiger charge is -2.17. The molecule has 5 rings (SSSR count). The summed E-state index contributed by atoms with van der Waals surface area (Å²) in [5, 5.41) is 4.08. The average molecular weight is 309 g/mol. The number of hydrogen-bond donors (Lipinski definition) is 0. The van der Waals surface area contributed by atoms with E-state index in [1.165, 1.54) is 17.5 Å². The van der Waals surface area contributed by atoms with E-state index in [0.717, 1.165) is 37.2 Å². The molecule has 2 aliphatic carbocycles. The van der Waals surface area contributed by atoms with Gasteiger partial charge in [-0.05, 0) is 55.4 Å². The maximum atomic E-state index is 12.4. The Kier molecular flexibility index (Phi) is 2.84. The first-order chi connectivity index (χ1) is 11.3. The predicted molar refractivity (Wildman–Crippen MR) is 84.5 cm³/mol. The van der Waals surface area contributed by atoms with Crippen LogP contribution in [0.2, 0.25) is 0 Å². The zero-order chi connectivity index (χ0) is 15.4. The highest BCUT2D eigenvalue weighted by Gasteiger charge is 2.37. The number of carbonyl (C=O) groups excluding carboxylic acids is 1. The second-order valence-electron chi connectivity index (χ2n) is 6.98. The maximum absolute atomic E-state index is 12.4. The van der Waals surface area contributed by atoms with Crippen molar-refractivity contribution < 1.29 is 9.32 Å². The summed E-state index contributed by atoms with van der Waals surface area (Å²) in [6.45, 7) is 0.643. The van der Waals surface area contributed by atoms with E-state index in [1.807, 2.05) is 4.90 Å². The number of benzene rings is 1. The SMILES string of the molecule is O=C1C[C@@H](c2nc(C3CC3)no2)CN1c1ccc2c(c1)CCC2. The molecule has 0 radical (unpaired) electrons. The predicted octanol–water partition coefficient (Wildman–Crippen LogP) is 2.96. The molecule has 1 aliphatic heterocycles. The largest absolute Gasteiger partial charge is 0.339 e. The number of nitrogens with zero attached hydrogens (tertiary/aromatic N) is 3. The fourth-order valence-electron chi connectivity index (χ4n) is 3.77. The van der Waals surface area contributed by atoms with E-state index in [1.54, 1.807) is 0 Å². The number of rotatable bonds is 3. The standard InChI is InChI=1S/C18H19N3O2/c22-16-9-14(18-19-17(20-23-18)12-4-5-12)10-21(16)15-7-6-11-2-1-3-13(11)8-15/h6-8,12,14H,1-5,9-10H2/t14-/m1/s1. The molecule has 1 atom stereocenters. The van der Waals surface area contributed by atoms with Crippen LogP contribution in [0.25, 0.3) is 0 Å². The Morgan fingerprint density at radius 1 is 1.13 bits per heavy atom. The lowest BCUT2D eigenvalue weighted by molar-refractivity contribution is -0.117. The van der Waals surface area contributed by atoms with Crippen LogP contribution in [-0.4, -0.2) is 22.6 Å². The van der Waals surface area contributed by atoms with Gasteiger partial charge in [-0.2, -0.15) is 4.98 Å². The molecule has 5 nitrogen and oxygen atoms in total. The lowest BCUT2D eigenvalue weighted by atomic mass is 10.1. The van der Waals surface area contributed by atoms with Crippen molar-refractivity contribution in [3.05, 3.63) is 41.0 Å². The average Bonchev–Trinajstić information content (AvgIpc) is 3.00. The first-order valence-electron chi connectivity index (χ1n) is 8.53. The fraction of sp³-hybridized carbons (Fsp3) is 0.500. The molecule has 0 unspecified atom stereocenters. The molecule has 0 bridgehead atoms. The van der Waals surface area contributed by atoms with Gasteiger partial charge in [0.25, 0.3) is 0 Å². The van der Waals surface area contributed by atoms with Gasteiger partial charge in [0.05, 0.1) is 5.92 Å². The molecule has 1 aromatic carbocycles. The fourth-order valence-corrected chi connectivity index (χ4v) is 3.77. The third-order valence-electron chi connectivity index (χ3n) is 5.27. The van der Waals surface area contributed by atoms with E-state index < -0.39 is 0 Å². The minimum Gasteiger partial charge on any atom is -0.339 e. The topological polar surface area (TPSA) is 59.2 Å². The van der Waals surface area contributed by atoms with Gasteiger partial charge >= 0.3 is 0 Å². The molecule has 1 saturated carbocycles. The normalized spacial score (nSPS) is 23.6. The molecule has 23 heavy (non-hydrogen) atoms. The Labute approximate surface area is 134 Å². The van der Waals surface area contributed by atoms with E-state index >= 15 is 0 Å². The highest BCUT2D eigenvalue weighted by atomic mass is 16.5. The van der Waals surface area contributed by atoms with Gasteiger partial charge in [-0.25, -0.2) is 0 Å². The number of aromatic nitrogens is 2. The third-order valence-corrected chi connectivity index (χ3v) is 5.27. The van der Waals surface area contributed by atoms with Crippen LogP contribution in [-0.2, 0) is 17.6 Å². The van der Waals surface area contributed by atoms with Crippen molar-refractivity contribution in [2.75, 3.05) is 11.4 Å². The molecule has 2 fully saturated rings. The number of aryl methyl sites for hydroxylation is 2. The van der Waals surface area contributed by atoms with E-state index in [4.69, 9.17) is 4.52 Å².